The van der Waals surface area contributed by atoms with Gasteiger partial charge in [0.25, 0.3) is 11.8 Å². The number of hydrogen-bond acceptors (Lipinski definition) is 3. The highest BCUT2D eigenvalue weighted by molar-refractivity contribution is 5.94. The third-order valence-corrected chi connectivity index (χ3v) is 5.81. The first-order valence-corrected chi connectivity index (χ1v) is 12.7. The molecule has 0 spiro atoms. The molecule has 2 rings (SSSR count). The molecule has 0 saturated heterocycles. The molecule has 0 heterocycles. The van der Waals surface area contributed by atoms with E-state index in [-0.39, 0.29) is 11.8 Å². The van der Waals surface area contributed by atoms with Crippen molar-refractivity contribution in [1.29, 1.82) is 0 Å². The van der Waals surface area contributed by atoms with Crippen molar-refractivity contribution in [2.75, 3.05) is 6.54 Å². The smallest absolute Gasteiger partial charge is 0.265 e. The molecule has 2 aromatic rings. The van der Waals surface area contributed by atoms with Crippen LogP contribution in [0, 0.1) is 0 Å². The highest BCUT2D eigenvalue weighted by Gasteiger charge is 2.06. The first-order valence-electron chi connectivity index (χ1n) is 12.7. The van der Waals surface area contributed by atoms with E-state index in [2.05, 4.69) is 23.1 Å². The summed E-state index contributed by atoms with van der Waals surface area (Å²) in [6, 6.07) is 16.4. The molecule has 0 bridgehead atoms. The molecule has 0 aliphatic rings. The highest BCUT2D eigenvalue weighted by Crippen LogP contribution is 2.11. The lowest BCUT2D eigenvalue weighted by atomic mass is 10.1. The van der Waals surface area contributed by atoms with E-state index in [1.807, 2.05) is 30.3 Å². The molecule has 33 heavy (non-hydrogen) atoms. The summed E-state index contributed by atoms with van der Waals surface area (Å²) in [5.74, 6) is -0.248. The average molecular weight is 452 g/mol. The Morgan fingerprint density at radius 3 is 1.79 bits per heavy atom. The largest absolute Gasteiger partial charge is 0.348 e. The Balaban J connectivity index is 1.50. The van der Waals surface area contributed by atoms with Crippen LogP contribution in [0.4, 0.5) is 0 Å². The average Bonchev–Trinajstić information content (AvgIpc) is 2.86. The van der Waals surface area contributed by atoms with Gasteiger partial charge in [-0.15, -0.1) is 0 Å². The summed E-state index contributed by atoms with van der Waals surface area (Å²) in [6.07, 6.45) is 14.4. The lowest BCUT2D eigenvalue weighted by Gasteiger charge is -2.09. The van der Waals surface area contributed by atoms with Gasteiger partial charge in [0, 0.05) is 24.2 Å². The molecule has 3 N–H and O–H groups in total. The Labute approximate surface area is 199 Å². The number of amides is 2. The van der Waals surface area contributed by atoms with Crippen molar-refractivity contribution in [2.24, 2.45) is 0 Å². The van der Waals surface area contributed by atoms with Gasteiger partial charge in [0.05, 0.1) is 0 Å². The minimum atomic E-state index is -0.141. The molecule has 0 radical (unpaired) electrons. The van der Waals surface area contributed by atoms with Crippen molar-refractivity contribution in [3.63, 3.8) is 0 Å². The van der Waals surface area contributed by atoms with E-state index in [1.165, 1.54) is 64.2 Å². The van der Waals surface area contributed by atoms with Gasteiger partial charge in [-0.2, -0.15) is 0 Å². The van der Waals surface area contributed by atoms with Gasteiger partial charge in [0.1, 0.15) is 0 Å². The predicted octanol–water partition coefficient (Wildman–Crippen LogP) is 6.16. The lowest BCUT2D eigenvalue weighted by Crippen LogP contribution is -2.37. The van der Waals surface area contributed by atoms with Gasteiger partial charge >= 0.3 is 0 Å². The third-order valence-electron chi connectivity index (χ3n) is 5.81. The standard InChI is InChI=1S/C28H41N3O2/c1-2-3-4-5-6-7-8-9-10-11-15-22-30-31-28(33)26-20-18-24(19-21-26)23-29-27(32)25-16-13-12-14-17-25/h12-14,16-21,30H,2-11,15,22-23H2,1H3,(H,29,32)(H,31,33). The van der Waals surface area contributed by atoms with Crippen molar-refractivity contribution in [1.82, 2.24) is 16.2 Å². The van der Waals surface area contributed by atoms with Crippen LogP contribution in [0.25, 0.3) is 0 Å². The first-order chi connectivity index (χ1) is 16.2. The van der Waals surface area contributed by atoms with Crippen molar-refractivity contribution in [2.45, 2.75) is 84.1 Å². The van der Waals surface area contributed by atoms with Gasteiger partial charge in [-0.3, -0.25) is 15.0 Å². The fourth-order valence-corrected chi connectivity index (χ4v) is 3.74. The zero-order valence-electron chi connectivity index (χ0n) is 20.2. The number of carbonyl (C=O) groups is 2. The van der Waals surface area contributed by atoms with E-state index in [4.69, 9.17) is 0 Å². The molecule has 0 aromatic heterocycles. The normalized spacial score (nSPS) is 10.7. The van der Waals surface area contributed by atoms with Gasteiger partial charge in [0.2, 0.25) is 0 Å². The first kappa shape index (κ1) is 26.6. The van der Waals surface area contributed by atoms with E-state index in [0.29, 0.717) is 17.7 Å². The zero-order chi connectivity index (χ0) is 23.6. The Hall–Kier alpha value is -2.66. The van der Waals surface area contributed by atoms with Crippen molar-refractivity contribution < 1.29 is 9.59 Å². The molecule has 0 unspecified atom stereocenters. The summed E-state index contributed by atoms with van der Waals surface area (Å²) in [7, 11) is 0. The SMILES string of the molecule is CCCCCCCCCCCCCNNC(=O)c1ccc(CNC(=O)c2ccccc2)cc1. The Kier molecular flexibility index (Phi) is 13.6. The van der Waals surface area contributed by atoms with E-state index in [9.17, 15) is 9.59 Å². The monoisotopic (exact) mass is 451 g/mol. The molecular formula is C28H41N3O2. The summed E-state index contributed by atoms with van der Waals surface area (Å²) in [5, 5.41) is 2.89. The summed E-state index contributed by atoms with van der Waals surface area (Å²) in [4.78, 5) is 24.4. The van der Waals surface area contributed by atoms with Gasteiger partial charge in [-0.05, 0) is 36.2 Å². The molecule has 2 amide bonds. The van der Waals surface area contributed by atoms with Crippen LogP contribution in [0.1, 0.15) is 104 Å². The third kappa shape index (κ3) is 11.7. The molecular weight excluding hydrogens is 410 g/mol. The van der Waals surface area contributed by atoms with Crippen LogP contribution in [0.5, 0.6) is 0 Å². The van der Waals surface area contributed by atoms with Crippen LogP contribution >= 0.6 is 0 Å². The molecule has 0 aliphatic carbocycles. The second-order valence-corrected chi connectivity index (χ2v) is 8.66. The maximum atomic E-state index is 12.3. The quantitative estimate of drug-likeness (QED) is 0.199. The molecule has 0 fully saturated rings. The minimum Gasteiger partial charge on any atom is -0.348 e. The molecule has 2 aromatic carbocycles. The fourth-order valence-electron chi connectivity index (χ4n) is 3.74. The van der Waals surface area contributed by atoms with Crippen molar-refractivity contribution in [3.05, 3.63) is 71.3 Å². The van der Waals surface area contributed by atoms with E-state index < -0.39 is 0 Å². The molecule has 5 heteroatoms. The van der Waals surface area contributed by atoms with Crippen LogP contribution in [-0.2, 0) is 6.54 Å². The van der Waals surface area contributed by atoms with Crippen molar-refractivity contribution >= 4 is 11.8 Å². The summed E-state index contributed by atoms with van der Waals surface area (Å²) >= 11 is 0. The van der Waals surface area contributed by atoms with Crippen LogP contribution in [0.2, 0.25) is 0 Å². The number of rotatable bonds is 17. The molecule has 0 atom stereocenters. The Morgan fingerprint density at radius 2 is 1.18 bits per heavy atom. The number of benzene rings is 2. The van der Waals surface area contributed by atoms with Gasteiger partial charge in [-0.1, -0.05) is 101 Å². The van der Waals surface area contributed by atoms with E-state index in [0.717, 1.165) is 18.5 Å². The van der Waals surface area contributed by atoms with Crippen molar-refractivity contribution in [3.8, 4) is 0 Å². The number of hydrazine groups is 1. The minimum absolute atomic E-state index is 0.107. The van der Waals surface area contributed by atoms with Crippen LogP contribution in [0.3, 0.4) is 0 Å². The number of nitrogens with one attached hydrogen (secondary N) is 3. The van der Waals surface area contributed by atoms with Gasteiger partial charge < -0.3 is 5.32 Å². The summed E-state index contributed by atoms with van der Waals surface area (Å²) in [6.45, 7) is 3.47. The number of unbranched alkanes of at least 4 members (excludes halogenated alkanes) is 10. The highest BCUT2D eigenvalue weighted by atomic mass is 16.2. The zero-order valence-corrected chi connectivity index (χ0v) is 20.2. The van der Waals surface area contributed by atoms with Crippen LogP contribution < -0.4 is 16.2 Å². The van der Waals surface area contributed by atoms with E-state index >= 15 is 0 Å². The van der Waals surface area contributed by atoms with Gasteiger partial charge in [-0.25, -0.2) is 5.43 Å². The fraction of sp³-hybridized carbons (Fsp3) is 0.500. The molecule has 180 valence electrons. The number of hydrogen-bond donors (Lipinski definition) is 3. The molecule has 0 saturated carbocycles. The Morgan fingerprint density at radius 1 is 0.636 bits per heavy atom. The Bertz CT molecular complexity index is 791. The van der Waals surface area contributed by atoms with E-state index in [1.54, 1.807) is 24.3 Å². The molecule has 5 nitrogen and oxygen atoms in total. The second kappa shape index (κ2) is 16.9. The topological polar surface area (TPSA) is 70.2 Å². The maximum absolute atomic E-state index is 12.3. The second-order valence-electron chi connectivity index (χ2n) is 8.66. The number of carbonyl (C=O) groups excluding carboxylic acids is 2. The summed E-state index contributed by atoms with van der Waals surface area (Å²) < 4.78 is 0. The summed E-state index contributed by atoms with van der Waals surface area (Å²) in [5.41, 5.74) is 7.98. The predicted molar refractivity (Wildman–Crippen MR) is 136 cm³/mol. The van der Waals surface area contributed by atoms with Gasteiger partial charge in [0.15, 0.2) is 0 Å². The van der Waals surface area contributed by atoms with Crippen LogP contribution in [0.15, 0.2) is 54.6 Å². The lowest BCUT2D eigenvalue weighted by molar-refractivity contribution is 0.0929. The van der Waals surface area contributed by atoms with Crippen LogP contribution in [-0.4, -0.2) is 18.4 Å². The molecule has 0 aliphatic heterocycles. The maximum Gasteiger partial charge on any atom is 0.265 e.